The molecule has 0 spiro atoms. The van der Waals surface area contributed by atoms with Crippen molar-refractivity contribution in [2.24, 2.45) is 11.8 Å². The largest absolute Gasteiger partial charge is 0.306 e. The van der Waals surface area contributed by atoms with Gasteiger partial charge in [-0.25, -0.2) is 0 Å². The van der Waals surface area contributed by atoms with Crippen LogP contribution in [0.1, 0.15) is 138 Å². The van der Waals surface area contributed by atoms with Crippen molar-refractivity contribution in [1.82, 2.24) is 9.80 Å². The predicted molar refractivity (Wildman–Crippen MR) is 211 cm³/mol. The smallest absolute Gasteiger partial charge is 0.261 e. The van der Waals surface area contributed by atoms with E-state index in [1.54, 1.807) is 22.7 Å². The standard InChI is InChI=1S/C40H52N2O2S4/c1-9-13-15-25(11-3)21-41-37(33-19-31-29(47-33)17-27(45-31)23(5)6)35-36(39(41)43)38(42(40(35)44)22-26(12-4)16-14-10-2)34-20-32-30(48-34)18-28(46-32)24(7)8/h17-20,23-26H,9-16,21-22H2,1-8H3. The molecule has 4 aromatic heterocycles. The predicted octanol–water partition coefficient (Wildman–Crippen LogP) is 12.7. The van der Waals surface area contributed by atoms with Crippen LogP contribution in [0.3, 0.4) is 0 Å². The molecule has 4 aromatic rings. The molecule has 2 amide bonds. The molecular formula is C40H52N2O2S4. The number of thiophene rings is 4. The lowest BCUT2D eigenvalue weighted by molar-refractivity contribution is -0.124. The summed E-state index contributed by atoms with van der Waals surface area (Å²) in [7, 11) is 0. The van der Waals surface area contributed by atoms with E-state index in [-0.39, 0.29) is 11.8 Å². The minimum Gasteiger partial charge on any atom is -0.306 e. The summed E-state index contributed by atoms with van der Waals surface area (Å²) in [6.45, 7) is 19.2. The van der Waals surface area contributed by atoms with Crippen molar-refractivity contribution in [3.05, 3.63) is 54.9 Å². The zero-order chi connectivity index (χ0) is 34.3. The maximum absolute atomic E-state index is 15.0. The van der Waals surface area contributed by atoms with Crippen LogP contribution < -0.4 is 0 Å². The van der Waals surface area contributed by atoms with Gasteiger partial charge >= 0.3 is 0 Å². The molecule has 4 nitrogen and oxygen atoms in total. The van der Waals surface area contributed by atoms with Gasteiger partial charge in [-0.1, -0.05) is 93.9 Å². The van der Waals surface area contributed by atoms with E-state index in [4.69, 9.17) is 0 Å². The third-order valence-corrected chi connectivity index (χ3v) is 15.4. The lowest BCUT2D eigenvalue weighted by Gasteiger charge is -2.29. The minimum absolute atomic E-state index is 0.0154. The summed E-state index contributed by atoms with van der Waals surface area (Å²) in [5, 5.41) is 0. The number of carbonyl (C=O) groups excluding carboxylic acids is 2. The second-order valence-corrected chi connectivity index (χ2v) is 18.8. The molecule has 48 heavy (non-hydrogen) atoms. The number of nitrogens with zero attached hydrogens (tertiary/aromatic N) is 2. The summed E-state index contributed by atoms with van der Waals surface area (Å²) in [6, 6.07) is 9.15. The number of rotatable bonds is 16. The van der Waals surface area contributed by atoms with Gasteiger partial charge in [0.05, 0.1) is 32.3 Å². The molecule has 0 fully saturated rings. The summed E-state index contributed by atoms with van der Waals surface area (Å²) in [4.78, 5) is 38.8. The summed E-state index contributed by atoms with van der Waals surface area (Å²) in [6.07, 6.45) is 8.82. The van der Waals surface area contributed by atoms with Crippen LogP contribution in [-0.4, -0.2) is 34.7 Å². The molecule has 6 heterocycles. The molecule has 0 saturated carbocycles. The zero-order valence-electron chi connectivity index (χ0n) is 30.0. The summed E-state index contributed by atoms with van der Waals surface area (Å²) >= 11 is 7.19. The third-order valence-electron chi connectivity index (χ3n) is 10.2. The van der Waals surface area contributed by atoms with Crippen molar-refractivity contribution >= 4 is 87.4 Å². The van der Waals surface area contributed by atoms with Gasteiger partial charge in [0, 0.05) is 41.6 Å². The molecule has 0 N–H and O–H groups in total. The van der Waals surface area contributed by atoms with Crippen molar-refractivity contribution in [2.75, 3.05) is 13.1 Å². The van der Waals surface area contributed by atoms with Crippen LogP contribution in [0.15, 0.2) is 35.4 Å². The van der Waals surface area contributed by atoms with E-state index in [9.17, 15) is 9.59 Å². The molecule has 6 rings (SSSR count). The Hall–Kier alpha value is -2.26. The summed E-state index contributed by atoms with van der Waals surface area (Å²) in [5.74, 6) is 1.78. The van der Waals surface area contributed by atoms with E-state index in [1.807, 2.05) is 32.5 Å². The normalized spacial score (nSPS) is 16.8. The van der Waals surface area contributed by atoms with Crippen molar-refractivity contribution in [2.45, 2.75) is 119 Å². The molecule has 2 aliphatic heterocycles. The van der Waals surface area contributed by atoms with Crippen LogP contribution in [-0.2, 0) is 9.59 Å². The van der Waals surface area contributed by atoms with Gasteiger partial charge in [-0.05, 0) is 60.8 Å². The number of carbonyl (C=O) groups is 2. The fraction of sp³-hybridized carbons (Fsp3) is 0.550. The van der Waals surface area contributed by atoms with Gasteiger partial charge in [0.2, 0.25) is 0 Å². The highest BCUT2D eigenvalue weighted by Gasteiger charge is 2.50. The highest BCUT2D eigenvalue weighted by Crippen LogP contribution is 2.52. The van der Waals surface area contributed by atoms with Crippen LogP contribution in [0.5, 0.6) is 0 Å². The Balaban J connectivity index is 1.54. The van der Waals surface area contributed by atoms with Crippen molar-refractivity contribution in [3.63, 3.8) is 0 Å². The van der Waals surface area contributed by atoms with E-state index in [2.05, 4.69) is 79.7 Å². The second-order valence-electron chi connectivity index (χ2n) is 14.4. The first-order chi connectivity index (χ1) is 23.1. The Morgan fingerprint density at radius 3 is 1.25 bits per heavy atom. The van der Waals surface area contributed by atoms with Gasteiger partial charge in [-0.2, -0.15) is 0 Å². The lowest BCUT2D eigenvalue weighted by atomic mass is 9.98. The molecule has 2 atom stereocenters. The van der Waals surface area contributed by atoms with E-state index in [0.29, 0.717) is 47.9 Å². The van der Waals surface area contributed by atoms with Crippen LogP contribution in [0.2, 0.25) is 0 Å². The SMILES string of the molecule is CCCCC(CC)CN1C(=O)C2=C(c3cc4sc(C(C)C)cc4s3)N(CC(CC)CCCC)C(=O)C2=C1c1cc2sc(C(C)C)cc2s1. The monoisotopic (exact) mass is 720 g/mol. The fourth-order valence-electron chi connectivity index (χ4n) is 7.12. The number of unbranched alkanes of at least 4 members (excludes halogenated alkanes) is 2. The lowest BCUT2D eigenvalue weighted by Crippen LogP contribution is -2.34. The minimum atomic E-state index is 0.0154. The van der Waals surface area contributed by atoms with Gasteiger partial charge in [-0.15, -0.1) is 45.3 Å². The Morgan fingerprint density at radius 1 is 0.562 bits per heavy atom. The summed E-state index contributed by atoms with van der Waals surface area (Å²) in [5.41, 5.74) is 3.00. The third kappa shape index (κ3) is 6.63. The molecule has 258 valence electrons. The Kier molecular flexibility index (Phi) is 11.1. The van der Waals surface area contributed by atoms with Crippen LogP contribution in [0, 0.1) is 11.8 Å². The van der Waals surface area contributed by atoms with Gasteiger partial charge < -0.3 is 9.80 Å². The molecule has 0 saturated heterocycles. The first-order valence-electron chi connectivity index (χ1n) is 18.3. The maximum atomic E-state index is 15.0. The fourth-order valence-corrected chi connectivity index (χ4v) is 12.1. The quantitative estimate of drug-likeness (QED) is 0.116. The Labute approximate surface area is 303 Å². The Morgan fingerprint density at radius 2 is 0.938 bits per heavy atom. The van der Waals surface area contributed by atoms with Gasteiger partial charge in [0.1, 0.15) is 0 Å². The van der Waals surface area contributed by atoms with E-state index in [1.165, 1.54) is 28.6 Å². The second kappa shape index (κ2) is 14.9. The van der Waals surface area contributed by atoms with Crippen LogP contribution >= 0.6 is 45.3 Å². The van der Waals surface area contributed by atoms with Gasteiger partial charge in [0.25, 0.3) is 11.8 Å². The first-order valence-corrected chi connectivity index (χ1v) is 21.6. The molecular weight excluding hydrogens is 669 g/mol. The van der Waals surface area contributed by atoms with E-state index < -0.39 is 0 Å². The molecule has 0 bridgehead atoms. The highest BCUT2D eigenvalue weighted by atomic mass is 32.1. The van der Waals surface area contributed by atoms with Gasteiger partial charge in [-0.3, -0.25) is 9.59 Å². The summed E-state index contributed by atoms with van der Waals surface area (Å²) < 4.78 is 5.01. The molecule has 2 unspecified atom stereocenters. The average molecular weight is 721 g/mol. The zero-order valence-corrected chi connectivity index (χ0v) is 33.3. The first kappa shape index (κ1) is 35.6. The Bertz CT molecular complexity index is 1660. The van der Waals surface area contributed by atoms with Crippen LogP contribution in [0.4, 0.5) is 0 Å². The van der Waals surface area contributed by atoms with Crippen molar-refractivity contribution < 1.29 is 9.59 Å². The molecule has 0 aliphatic carbocycles. The number of amides is 2. The topological polar surface area (TPSA) is 40.6 Å². The van der Waals surface area contributed by atoms with E-state index >= 15 is 0 Å². The number of hydrogen-bond donors (Lipinski definition) is 0. The molecule has 0 aromatic carbocycles. The van der Waals surface area contributed by atoms with Crippen molar-refractivity contribution in [1.29, 1.82) is 0 Å². The maximum Gasteiger partial charge on any atom is 0.261 e. The van der Waals surface area contributed by atoms with Crippen LogP contribution in [0.25, 0.3) is 30.2 Å². The molecule has 2 aliphatic rings. The van der Waals surface area contributed by atoms with Crippen molar-refractivity contribution in [3.8, 4) is 0 Å². The van der Waals surface area contributed by atoms with E-state index in [0.717, 1.165) is 72.5 Å². The number of fused-ring (bicyclic) bond motifs is 3. The average Bonchev–Trinajstić information content (AvgIpc) is 3.88. The highest BCUT2D eigenvalue weighted by molar-refractivity contribution is 7.29. The molecule has 8 heteroatoms. The van der Waals surface area contributed by atoms with Gasteiger partial charge in [0.15, 0.2) is 0 Å². The number of hydrogen-bond acceptors (Lipinski definition) is 6. The molecule has 0 radical (unpaired) electrons.